The summed E-state index contributed by atoms with van der Waals surface area (Å²) in [5, 5.41) is 16.3. The summed E-state index contributed by atoms with van der Waals surface area (Å²) in [6.07, 6.45) is 4.64. The number of hydrogen-bond donors (Lipinski definition) is 1. The van der Waals surface area contributed by atoms with E-state index in [-0.39, 0.29) is 36.2 Å². The van der Waals surface area contributed by atoms with Crippen molar-refractivity contribution in [1.29, 1.82) is 0 Å². The summed E-state index contributed by atoms with van der Waals surface area (Å²) in [5.41, 5.74) is 3.41. The fourth-order valence-corrected chi connectivity index (χ4v) is 2.68. The van der Waals surface area contributed by atoms with Crippen molar-refractivity contribution >= 4 is 23.1 Å². The van der Waals surface area contributed by atoms with Gasteiger partial charge in [-0.3, -0.25) is 25.4 Å². The molecule has 0 saturated heterocycles. The molecule has 0 spiro atoms. The highest BCUT2D eigenvalue weighted by Gasteiger charge is 2.34. The van der Waals surface area contributed by atoms with Gasteiger partial charge in [-0.25, -0.2) is 4.98 Å². The van der Waals surface area contributed by atoms with Crippen molar-refractivity contribution in [2.75, 3.05) is 26.3 Å². The molecular formula is C19H23ClN6O4. The number of nitro groups is 1. The van der Waals surface area contributed by atoms with Crippen molar-refractivity contribution in [2.24, 2.45) is 10.1 Å². The number of hydrogen-bond acceptors (Lipinski definition) is 9. The number of rotatable bonds is 12. The third-order valence-electron chi connectivity index (χ3n) is 3.86. The van der Waals surface area contributed by atoms with Gasteiger partial charge in [0.15, 0.2) is 5.70 Å². The molecule has 2 heterocycles. The molecule has 10 nitrogen and oxygen atoms in total. The topological polar surface area (TPSA) is 114 Å². The van der Waals surface area contributed by atoms with Crippen LogP contribution in [-0.4, -0.2) is 52.7 Å². The Hall–Kier alpha value is -3.24. The molecule has 0 bridgehead atoms. The van der Waals surface area contributed by atoms with E-state index in [1.165, 1.54) is 12.2 Å². The second-order valence-corrected chi connectivity index (χ2v) is 6.45. The third kappa shape index (κ3) is 6.39. The quantitative estimate of drug-likeness (QED) is 0.134. The molecule has 1 N–H and O–H groups in total. The molecule has 0 aliphatic carbocycles. The van der Waals surface area contributed by atoms with Gasteiger partial charge in [0.2, 0.25) is 5.84 Å². The summed E-state index contributed by atoms with van der Waals surface area (Å²) in [4.78, 5) is 32.0. The number of aliphatic imine (C=N–C) groups is 1. The zero-order chi connectivity index (χ0) is 21.9. The van der Waals surface area contributed by atoms with Gasteiger partial charge in [-0.05, 0) is 18.6 Å². The van der Waals surface area contributed by atoms with Gasteiger partial charge < -0.3 is 9.74 Å². The van der Waals surface area contributed by atoms with Crippen LogP contribution in [0.3, 0.4) is 0 Å². The minimum atomic E-state index is -0.524. The van der Waals surface area contributed by atoms with Crippen LogP contribution < -0.4 is 5.48 Å². The van der Waals surface area contributed by atoms with Crippen molar-refractivity contribution in [2.45, 2.75) is 13.5 Å². The van der Waals surface area contributed by atoms with Gasteiger partial charge in [0.05, 0.1) is 18.1 Å². The van der Waals surface area contributed by atoms with Gasteiger partial charge in [-0.1, -0.05) is 41.6 Å². The highest BCUT2D eigenvalue weighted by atomic mass is 35.5. The maximum Gasteiger partial charge on any atom is 0.338 e. The van der Waals surface area contributed by atoms with E-state index < -0.39 is 4.92 Å². The largest absolute Gasteiger partial charge is 0.391 e. The van der Waals surface area contributed by atoms with E-state index >= 15 is 0 Å². The molecule has 0 aromatic carbocycles. The monoisotopic (exact) mass is 434 g/mol. The number of nitrogens with zero attached hydrogens (tertiary/aromatic N) is 5. The fourth-order valence-electron chi connectivity index (χ4n) is 2.56. The second-order valence-electron chi connectivity index (χ2n) is 6.06. The van der Waals surface area contributed by atoms with Crippen LogP contribution in [-0.2, 0) is 16.2 Å². The molecule has 0 amide bonds. The predicted molar refractivity (Wildman–Crippen MR) is 115 cm³/mol. The van der Waals surface area contributed by atoms with Crippen LogP contribution in [0.4, 0.5) is 0 Å². The first-order chi connectivity index (χ1) is 14.5. The highest BCUT2D eigenvalue weighted by Crippen LogP contribution is 2.18. The number of oxime groups is 1. The van der Waals surface area contributed by atoms with Crippen LogP contribution in [0.5, 0.6) is 0 Å². The van der Waals surface area contributed by atoms with Crippen molar-refractivity contribution in [3.8, 4) is 0 Å². The number of amidine groups is 1. The molecule has 1 aromatic heterocycles. The first-order valence-corrected chi connectivity index (χ1v) is 9.41. The van der Waals surface area contributed by atoms with Gasteiger partial charge in [-0.2, -0.15) is 0 Å². The number of aromatic nitrogens is 1. The molecule has 1 aliphatic rings. The summed E-state index contributed by atoms with van der Waals surface area (Å²) in [6.45, 7) is 10.3. The molecule has 1 aliphatic heterocycles. The Labute approximate surface area is 179 Å². The third-order valence-corrected chi connectivity index (χ3v) is 4.08. The smallest absolute Gasteiger partial charge is 0.338 e. The first-order valence-electron chi connectivity index (χ1n) is 9.03. The minimum absolute atomic E-state index is 0.0331. The summed E-state index contributed by atoms with van der Waals surface area (Å²) in [6, 6.07) is 3.47. The Bertz CT molecular complexity index is 866. The van der Waals surface area contributed by atoms with Crippen LogP contribution in [0.1, 0.15) is 12.5 Å². The first kappa shape index (κ1) is 23.0. The van der Waals surface area contributed by atoms with Gasteiger partial charge in [0.25, 0.3) is 0 Å². The van der Waals surface area contributed by atoms with E-state index in [0.29, 0.717) is 24.8 Å². The molecule has 11 heteroatoms. The summed E-state index contributed by atoms with van der Waals surface area (Å²) < 4.78 is 0. The Kier molecular flexibility index (Phi) is 8.98. The maximum atomic E-state index is 12.0. The van der Waals surface area contributed by atoms with Crippen molar-refractivity contribution < 1.29 is 14.6 Å². The molecule has 0 radical (unpaired) electrons. The van der Waals surface area contributed by atoms with E-state index in [4.69, 9.17) is 21.3 Å². The minimum Gasteiger partial charge on any atom is -0.391 e. The Balaban J connectivity index is 2.40. The second kappa shape index (κ2) is 11.7. The lowest BCUT2D eigenvalue weighted by Crippen LogP contribution is -2.35. The van der Waals surface area contributed by atoms with E-state index in [2.05, 4.69) is 33.8 Å². The molecule has 0 saturated carbocycles. The molecular weight excluding hydrogens is 412 g/mol. The van der Waals surface area contributed by atoms with Gasteiger partial charge in [0, 0.05) is 19.3 Å². The van der Waals surface area contributed by atoms with Gasteiger partial charge >= 0.3 is 5.70 Å². The normalized spacial score (nSPS) is 14.7. The van der Waals surface area contributed by atoms with Crippen molar-refractivity contribution in [1.82, 2.24) is 15.4 Å². The molecule has 0 unspecified atom stereocenters. The highest BCUT2D eigenvalue weighted by molar-refractivity contribution is 6.29. The molecule has 30 heavy (non-hydrogen) atoms. The van der Waals surface area contributed by atoms with Crippen LogP contribution >= 0.6 is 11.6 Å². The summed E-state index contributed by atoms with van der Waals surface area (Å²) in [5.74, 6) is 0.206. The van der Waals surface area contributed by atoms with E-state index in [1.807, 2.05) is 6.07 Å². The zero-order valence-corrected chi connectivity index (χ0v) is 17.3. The maximum absolute atomic E-state index is 12.0. The van der Waals surface area contributed by atoms with Gasteiger partial charge in [-0.15, -0.1) is 6.58 Å². The number of allylic oxidation sites excluding steroid dienone is 1. The van der Waals surface area contributed by atoms with Gasteiger partial charge in [0.1, 0.15) is 17.5 Å². The van der Waals surface area contributed by atoms with E-state index in [0.717, 1.165) is 5.56 Å². The average molecular weight is 435 g/mol. The molecule has 0 fully saturated rings. The van der Waals surface area contributed by atoms with Crippen LogP contribution in [0.25, 0.3) is 0 Å². The SMILES string of the molecule is C=CCO/N=C(C)/C(NOCC=C)=C(/C1=NCCN1Cc1ccc(Cl)nc1)[N+](=O)[O-]. The predicted octanol–water partition coefficient (Wildman–Crippen LogP) is 2.72. The number of pyridine rings is 1. The lowest BCUT2D eigenvalue weighted by molar-refractivity contribution is -0.417. The van der Waals surface area contributed by atoms with Crippen LogP contribution in [0.15, 0.2) is 65.2 Å². The Morgan fingerprint density at radius 1 is 1.43 bits per heavy atom. The van der Waals surface area contributed by atoms with E-state index in [9.17, 15) is 10.1 Å². The average Bonchev–Trinajstić information content (AvgIpc) is 3.16. The Morgan fingerprint density at radius 2 is 2.20 bits per heavy atom. The number of hydroxylamine groups is 1. The molecule has 0 atom stereocenters. The molecule has 1 aromatic rings. The lowest BCUT2D eigenvalue weighted by Gasteiger charge is -2.20. The fraction of sp³-hybridized carbons (Fsp3) is 0.316. The number of nitrogens with one attached hydrogen (secondary N) is 1. The standard InChI is InChI=1S/C19H23ClN6O4/c1-4-10-29-23-14(3)17(24-30-11-5-2)18(26(27)28)19-21-8-9-25(19)13-15-6-7-16(20)22-12-15/h4-7,12,24H,1-2,8-11,13H2,3H3/b18-17+,23-14+. The molecule has 160 valence electrons. The lowest BCUT2D eigenvalue weighted by atomic mass is 10.2. The van der Waals surface area contributed by atoms with Crippen molar-refractivity contribution in [3.05, 3.63) is 75.9 Å². The van der Waals surface area contributed by atoms with E-state index in [1.54, 1.807) is 24.1 Å². The zero-order valence-electron chi connectivity index (χ0n) is 16.6. The Morgan fingerprint density at radius 3 is 2.83 bits per heavy atom. The number of halogens is 1. The summed E-state index contributed by atoms with van der Waals surface area (Å²) >= 11 is 5.83. The van der Waals surface area contributed by atoms with Crippen molar-refractivity contribution in [3.63, 3.8) is 0 Å². The summed E-state index contributed by atoms with van der Waals surface area (Å²) in [7, 11) is 0. The van der Waals surface area contributed by atoms with Crippen LogP contribution in [0.2, 0.25) is 5.15 Å². The van der Waals surface area contributed by atoms with Crippen LogP contribution in [0, 0.1) is 10.1 Å². The molecule has 2 rings (SSSR count).